The van der Waals surface area contributed by atoms with Gasteiger partial charge in [0, 0.05) is 43.6 Å². The van der Waals surface area contributed by atoms with Crippen LogP contribution in [0.15, 0.2) is 142 Å². The third kappa shape index (κ3) is 3.19. The lowest BCUT2D eigenvalue weighted by atomic mass is 10.1. The van der Waals surface area contributed by atoms with Gasteiger partial charge in [-0.15, -0.1) is 5.10 Å². The highest BCUT2D eigenvalue weighted by molar-refractivity contribution is 6.11. The Morgan fingerprint density at radius 3 is 1.50 bits per heavy atom. The average molecular weight is 567 g/mol. The molecule has 6 aromatic carbocycles. The summed E-state index contributed by atoms with van der Waals surface area (Å²) >= 11 is 0. The molecule has 0 fully saturated rings. The van der Waals surface area contributed by atoms with E-state index in [1.807, 2.05) is 28.8 Å². The second kappa shape index (κ2) is 8.69. The van der Waals surface area contributed by atoms with Crippen molar-refractivity contribution in [3.63, 3.8) is 0 Å². The largest absolute Gasteiger partial charge is 0.456 e. The van der Waals surface area contributed by atoms with Gasteiger partial charge < -0.3 is 13.4 Å². The molecule has 0 saturated heterocycles. The summed E-state index contributed by atoms with van der Waals surface area (Å²) in [5.41, 5.74) is 7.95. The molecule has 0 bridgehead atoms. The SMILES string of the molecule is c1ccc2c(c1)c1ccccc1n2-c1ccc2oc3ccc(-c4nnc(-n5c6ccccc6c6ccccc65)o4)cc3c2c1. The first-order chi connectivity index (χ1) is 21.8. The fraction of sp³-hybridized carbons (Fsp3) is 0. The molecule has 44 heavy (non-hydrogen) atoms. The van der Waals surface area contributed by atoms with Gasteiger partial charge >= 0.3 is 6.01 Å². The van der Waals surface area contributed by atoms with Gasteiger partial charge in [0.05, 0.1) is 22.1 Å². The molecule has 6 nitrogen and oxygen atoms in total. The molecule has 0 atom stereocenters. The number of fused-ring (bicyclic) bond motifs is 9. The molecular weight excluding hydrogens is 544 g/mol. The summed E-state index contributed by atoms with van der Waals surface area (Å²) in [4.78, 5) is 0. The summed E-state index contributed by atoms with van der Waals surface area (Å²) in [7, 11) is 0. The van der Waals surface area contributed by atoms with Gasteiger partial charge in [0.15, 0.2) is 0 Å². The van der Waals surface area contributed by atoms with Crippen molar-refractivity contribution in [1.82, 2.24) is 19.3 Å². The Labute approximate surface area is 250 Å². The lowest BCUT2D eigenvalue weighted by Gasteiger charge is -2.08. The highest BCUT2D eigenvalue weighted by Crippen LogP contribution is 2.37. The number of aromatic nitrogens is 4. The van der Waals surface area contributed by atoms with Gasteiger partial charge in [-0.1, -0.05) is 77.9 Å². The highest BCUT2D eigenvalue weighted by Gasteiger charge is 2.19. The molecule has 0 aliphatic carbocycles. The molecular formula is C38H22N4O2. The summed E-state index contributed by atoms with van der Waals surface area (Å²) in [5.74, 6) is 0.455. The average Bonchev–Trinajstić information content (AvgIpc) is 3.85. The standard InChI is InChI=1S/C38H22N4O2/c1-5-13-31-25(9-1)26-10-2-6-14-32(26)41(31)24-18-20-36-30(22-24)29-21-23(17-19-35(29)43-36)37-39-40-38(44-37)42-33-15-7-3-11-27(33)28-12-4-8-16-34(28)42/h1-22H. The van der Waals surface area contributed by atoms with E-state index in [2.05, 4.69) is 124 Å². The van der Waals surface area contributed by atoms with Gasteiger partial charge in [-0.05, 0) is 60.7 Å². The number of hydrogen-bond donors (Lipinski definition) is 0. The minimum absolute atomic E-state index is 0.434. The maximum absolute atomic E-state index is 6.35. The smallest absolute Gasteiger partial charge is 0.327 e. The molecule has 0 saturated carbocycles. The predicted octanol–water partition coefficient (Wildman–Crippen LogP) is 9.83. The predicted molar refractivity (Wildman–Crippen MR) is 176 cm³/mol. The number of rotatable bonds is 3. The van der Waals surface area contributed by atoms with Crippen LogP contribution in [0.5, 0.6) is 0 Å². The van der Waals surface area contributed by atoms with Crippen LogP contribution >= 0.6 is 0 Å². The van der Waals surface area contributed by atoms with Crippen LogP contribution in [0, 0.1) is 0 Å². The van der Waals surface area contributed by atoms with Crippen LogP contribution in [0.1, 0.15) is 0 Å². The molecule has 4 aromatic heterocycles. The van der Waals surface area contributed by atoms with Crippen molar-refractivity contribution in [3.05, 3.63) is 133 Å². The Morgan fingerprint density at radius 1 is 0.409 bits per heavy atom. The van der Waals surface area contributed by atoms with E-state index in [9.17, 15) is 0 Å². The molecule has 10 rings (SSSR count). The Kier molecular flexibility index (Phi) is 4.63. The van der Waals surface area contributed by atoms with E-state index < -0.39 is 0 Å². The number of furan rings is 1. The van der Waals surface area contributed by atoms with E-state index in [0.717, 1.165) is 55.0 Å². The van der Waals surface area contributed by atoms with E-state index in [-0.39, 0.29) is 0 Å². The van der Waals surface area contributed by atoms with Gasteiger partial charge in [-0.3, -0.25) is 4.57 Å². The molecule has 0 aliphatic heterocycles. The van der Waals surface area contributed by atoms with Crippen molar-refractivity contribution >= 4 is 65.6 Å². The van der Waals surface area contributed by atoms with Gasteiger partial charge in [0.1, 0.15) is 11.2 Å². The third-order valence-corrected chi connectivity index (χ3v) is 8.72. The molecule has 0 radical (unpaired) electrons. The molecule has 0 unspecified atom stereocenters. The fourth-order valence-electron chi connectivity index (χ4n) is 6.79. The zero-order valence-corrected chi connectivity index (χ0v) is 23.3. The van der Waals surface area contributed by atoms with E-state index in [1.54, 1.807) is 0 Å². The molecule has 4 heterocycles. The van der Waals surface area contributed by atoms with Crippen LogP contribution < -0.4 is 0 Å². The van der Waals surface area contributed by atoms with Crippen LogP contribution in [0.4, 0.5) is 0 Å². The van der Waals surface area contributed by atoms with Crippen molar-refractivity contribution in [2.45, 2.75) is 0 Å². The minimum atomic E-state index is 0.434. The van der Waals surface area contributed by atoms with Gasteiger partial charge in [-0.2, -0.15) is 0 Å². The van der Waals surface area contributed by atoms with Crippen LogP contribution in [-0.2, 0) is 0 Å². The van der Waals surface area contributed by atoms with Crippen molar-refractivity contribution in [2.24, 2.45) is 0 Å². The summed E-state index contributed by atoms with van der Waals surface area (Å²) in [5, 5.41) is 15.8. The first kappa shape index (κ1) is 23.4. The summed E-state index contributed by atoms with van der Waals surface area (Å²) in [6.45, 7) is 0. The van der Waals surface area contributed by atoms with Gasteiger partial charge in [0.2, 0.25) is 5.89 Å². The molecule has 6 heteroatoms. The monoisotopic (exact) mass is 566 g/mol. The highest BCUT2D eigenvalue weighted by atomic mass is 16.4. The Bertz CT molecular complexity index is 2630. The first-order valence-electron chi connectivity index (χ1n) is 14.6. The summed E-state index contributed by atoms with van der Waals surface area (Å²) in [6, 6.07) is 46.5. The Hall–Kier alpha value is -6.14. The second-order valence-corrected chi connectivity index (χ2v) is 11.1. The Morgan fingerprint density at radius 2 is 0.909 bits per heavy atom. The van der Waals surface area contributed by atoms with Crippen LogP contribution in [-0.4, -0.2) is 19.3 Å². The molecule has 0 spiro atoms. The molecule has 0 N–H and O–H groups in total. The number of nitrogens with zero attached hydrogens (tertiary/aromatic N) is 4. The van der Waals surface area contributed by atoms with Crippen LogP contribution in [0.2, 0.25) is 0 Å². The number of benzene rings is 6. The zero-order valence-electron chi connectivity index (χ0n) is 23.3. The summed E-state index contributed by atoms with van der Waals surface area (Å²) < 4.78 is 17.0. The third-order valence-electron chi connectivity index (χ3n) is 8.72. The zero-order chi connectivity index (χ0) is 28.8. The Balaban J connectivity index is 1.13. The lowest BCUT2D eigenvalue weighted by Crippen LogP contribution is -1.93. The molecule has 0 aliphatic rings. The fourth-order valence-corrected chi connectivity index (χ4v) is 6.79. The summed E-state index contributed by atoms with van der Waals surface area (Å²) in [6.07, 6.45) is 0. The van der Waals surface area contributed by atoms with Crippen molar-refractivity contribution in [3.8, 4) is 23.2 Å². The lowest BCUT2D eigenvalue weighted by molar-refractivity contribution is 0.546. The molecule has 10 aromatic rings. The maximum Gasteiger partial charge on any atom is 0.327 e. The van der Waals surface area contributed by atoms with E-state index >= 15 is 0 Å². The van der Waals surface area contributed by atoms with Crippen molar-refractivity contribution in [2.75, 3.05) is 0 Å². The van der Waals surface area contributed by atoms with E-state index in [1.165, 1.54) is 21.8 Å². The van der Waals surface area contributed by atoms with Crippen LogP contribution in [0.3, 0.4) is 0 Å². The van der Waals surface area contributed by atoms with E-state index in [0.29, 0.717) is 11.9 Å². The van der Waals surface area contributed by atoms with Crippen LogP contribution in [0.25, 0.3) is 88.7 Å². The number of hydrogen-bond acceptors (Lipinski definition) is 4. The van der Waals surface area contributed by atoms with Gasteiger partial charge in [-0.25, -0.2) is 0 Å². The molecule has 0 amide bonds. The quantitative estimate of drug-likeness (QED) is 0.214. The molecule has 206 valence electrons. The minimum Gasteiger partial charge on any atom is -0.456 e. The number of para-hydroxylation sites is 4. The van der Waals surface area contributed by atoms with Gasteiger partial charge in [0.25, 0.3) is 0 Å². The normalized spacial score (nSPS) is 12.1. The maximum atomic E-state index is 6.35. The first-order valence-corrected chi connectivity index (χ1v) is 14.6. The van der Waals surface area contributed by atoms with E-state index in [4.69, 9.17) is 8.83 Å². The van der Waals surface area contributed by atoms with Crippen molar-refractivity contribution < 1.29 is 8.83 Å². The van der Waals surface area contributed by atoms with Crippen molar-refractivity contribution in [1.29, 1.82) is 0 Å². The topological polar surface area (TPSA) is 61.9 Å². The second-order valence-electron chi connectivity index (χ2n) is 11.1.